The number of sulfone groups is 1. The minimum Gasteiger partial charge on any atom is -0.497 e. The van der Waals surface area contributed by atoms with E-state index in [0.29, 0.717) is 24.5 Å². The Labute approximate surface area is 158 Å². The number of hydrogen-bond acceptors (Lipinski definition) is 7. The summed E-state index contributed by atoms with van der Waals surface area (Å²) in [5.41, 5.74) is 1.37. The lowest BCUT2D eigenvalue weighted by molar-refractivity contribution is 0.0747. The van der Waals surface area contributed by atoms with Gasteiger partial charge in [0.2, 0.25) is 5.95 Å². The molecule has 2 heterocycles. The van der Waals surface area contributed by atoms with Crippen LogP contribution in [-0.2, 0) is 16.4 Å². The summed E-state index contributed by atoms with van der Waals surface area (Å²) >= 11 is 0. The molecular formula is C18H22N4O4S. The first-order valence-electron chi connectivity index (χ1n) is 8.54. The molecule has 1 N–H and O–H groups in total. The summed E-state index contributed by atoms with van der Waals surface area (Å²) in [6, 6.07) is 7.33. The summed E-state index contributed by atoms with van der Waals surface area (Å²) in [5, 5.41) is 3.09. The quantitative estimate of drug-likeness (QED) is 0.794. The Morgan fingerprint density at radius 2 is 1.93 bits per heavy atom. The number of amides is 1. The second-order valence-corrected chi connectivity index (χ2v) is 8.70. The number of anilines is 1. The van der Waals surface area contributed by atoms with Gasteiger partial charge in [0.25, 0.3) is 5.91 Å². The molecule has 0 spiro atoms. The Morgan fingerprint density at radius 3 is 2.48 bits per heavy atom. The van der Waals surface area contributed by atoms with Crippen LogP contribution in [0.4, 0.5) is 5.95 Å². The van der Waals surface area contributed by atoms with Crippen molar-refractivity contribution in [3.05, 3.63) is 47.8 Å². The topological polar surface area (TPSA) is 101 Å². The minimum absolute atomic E-state index is 0.0115. The summed E-state index contributed by atoms with van der Waals surface area (Å²) < 4.78 is 28.3. The van der Waals surface area contributed by atoms with E-state index >= 15 is 0 Å². The number of ether oxygens (including phenoxy) is 1. The Bertz CT molecular complexity index is 898. The summed E-state index contributed by atoms with van der Waals surface area (Å²) in [6.07, 6.45) is 3.37. The van der Waals surface area contributed by atoms with Gasteiger partial charge < -0.3 is 15.0 Å². The maximum absolute atomic E-state index is 12.5. The van der Waals surface area contributed by atoms with Crippen molar-refractivity contribution in [3.63, 3.8) is 0 Å². The van der Waals surface area contributed by atoms with Gasteiger partial charge in [-0.2, -0.15) is 0 Å². The van der Waals surface area contributed by atoms with E-state index in [0.717, 1.165) is 11.3 Å². The number of nitrogens with zero attached hydrogens (tertiary/aromatic N) is 3. The first-order valence-corrected chi connectivity index (χ1v) is 10.4. The van der Waals surface area contributed by atoms with Gasteiger partial charge in [-0.25, -0.2) is 18.4 Å². The molecule has 2 aromatic rings. The standard InChI is InChI=1S/C18H22N4O4S/c1-22(15-7-8-27(24,25)12-15)17(23)14-10-20-18(21-11-14)19-9-13-3-5-16(26-2)6-4-13/h3-6,10-11,15H,7-9,12H2,1-2H3,(H,19,20,21). The second kappa shape index (κ2) is 7.91. The highest BCUT2D eigenvalue weighted by Crippen LogP contribution is 2.18. The Kier molecular flexibility index (Phi) is 5.59. The Balaban J connectivity index is 1.58. The fourth-order valence-electron chi connectivity index (χ4n) is 2.90. The number of hydrogen-bond donors (Lipinski definition) is 1. The van der Waals surface area contributed by atoms with E-state index in [2.05, 4.69) is 15.3 Å². The van der Waals surface area contributed by atoms with Crippen LogP contribution in [0.3, 0.4) is 0 Å². The van der Waals surface area contributed by atoms with Crippen molar-refractivity contribution in [2.45, 2.75) is 19.0 Å². The van der Waals surface area contributed by atoms with Gasteiger partial charge >= 0.3 is 0 Å². The molecule has 1 aliphatic heterocycles. The molecule has 0 aliphatic carbocycles. The van der Waals surface area contributed by atoms with Crippen LogP contribution in [0, 0.1) is 0 Å². The molecule has 1 fully saturated rings. The lowest BCUT2D eigenvalue weighted by Gasteiger charge is -2.23. The van der Waals surface area contributed by atoms with Crippen LogP contribution in [0.15, 0.2) is 36.7 Å². The molecule has 0 bridgehead atoms. The fraction of sp³-hybridized carbons (Fsp3) is 0.389. The number of nitrogens with one attached hydrogen (secondary N) is 1. The SMILES string of the molecule is COc1ccc(CNc2ncc(C(=O)N(C)C3CCS(=O)(=O)C3)cn2)cc1. The van der Waals surface area contributed by atoms with Crippen LogP contribution >= 0.6 is 0 Å². The van der Waals surface area contributed by atoms with Crippen molar-refractivity contribution in [1.29, 1.82) is 0 Å². The van der Waals surface area contributed by atoms with E-state index in [1.54, 1.807) is 14.2 Å². The molecule has 1 aromatic carbocycles. The highest BCUT2D eigenvalue weighted by atomic mass is 32.2. The molecule has 1 unspecified atom stereocenters. The van der Waals surface area contributed by atoms with Crippen molar-refractivity contribution in [2.75, 3.05) is 31.0 Å². The van der Waals surface area contributed by atoms with E-state index in [9.17, 15) is 13.2 Å². The van der Waals surface area contributed by atoms with Crippen LogP contribution < -0.4 is 10.1 Å². The van der Waals surface area contributed by atoms with E-state index in [1.807, 2.05) is 24.3 Å². The molecule has 8 nitrogen and oxygen atoms in total. The number of aromatic nitrogens is 2. The van der Waals surface area contributed by atoms with Crippen molar-refractivity contribution < 1.29 is 17.9 Å². The van der Waals surface area contributed by atoms with Crippen LogP contribution in [0.5, 0.6) is 5.75 Å². The highest BCUT2D eigenvalue weighted by Gasteiger charge is 2.33. The largest absolute Gasteiger partial charge is 0.497 e. The molecule has 1 aliphatic rings. The summed E-state index contributed by atoms with van der Waals surface area (Å²) in [6.45, 7) is 0.539. The smallest absolute Gasteiger partial charge is 0.257 e. The van der Waals surface area contributed by atoms with Crippen molar-refractivity contribution in [2.24, 2.45) is 0 Å². The zero-order valence-corrected chi connectivity index (χ0v) is 16.1. The molecule has 1 amide bonds. The first kappa shape index (κ1) is 19.1. The number of methoxy groups -OCH3 is 1. The predicted octanol–water partition coefficient (Wildman–Crippen LogP) is 1.36. The second-order valence-electron chi connectivity index (χ2n) is 6.47. The maximum atomic E-state index is 12.5. The summed E-state index contributed by atoms with van der Waals surface area (Å²) in [4.78, 5) is 22.3. The zero-order chi connectivity index (χ0) is 19.4. The number of carbonyl (C=O) groups excluding carboxylic acids is 1. The molecule has 27 heavy (non-hydrogen) atoms. The van der Waals surface area contributed by atoms with Gasteiger partial charge in [-0.15, -0.1) is 0 Å². The van der Waals surface area contributed by atoms with Gasteiger partial charge in [0.05, 0.1) is 24.2 Å². The number of rotatable bonds is 6. The third-order valence-electron chi connectivity index (χ3n) is 4.58. The molecular weight excluding hydrogens is 368 g/mol. The normalized spacial score (nSPS) is 18.1. The fourth-order valence-corrected chi connectivity index (χ4v) is 4.68. The monoisotopic (exact) mass is 390 g/mol. The van der Waals surface area contributed by atoms with Gasteiger partial charge in [0, 0.05) is 32.0 Å². The molecule has 144 valence electrons. The van der Waals surface area contributed by atoms with Crippen molar-refractivity contribution in [3.8, 4) is 5.75 Å². The maximum Gasteiger partial charge on any atom is 0.257 e. The lowest BCUT2D eigenvalue weighted by atomic mass is 10.2. The van der Waals surface area contributed by atoms with E-state index in [4.69, 9.17) is 4.74 Å². The third-order valence-corrected chi connectivity index (χ3v) is 6.34. The van der Waals surface area contributed by atoms with Crippen LogP contribution in [0.2, 0.25) is 0 Å². The van der Waals surface area contributed by atoms with Gasteiger partial charge in [-0.3, -0.25) is 4.79 Å². The van der Waals surface area contributed by atoms with E-state index < -0.39 is 9.84 Å². The third kappa shape index (κ3) is 4.73. The Morgan fingerprint density at radius 1 is 1.26 bits per heavy atom. The molecule has 1 saturated heterocycles. The molecule has 9 heteroatoms. The zero-order valence-electron chi connectivity index (χ0n) is 15.3. The molecule has 0 radical (unpaired) electrons. The lowest BCUT2D eigenvalue weighted by Crippen LogP contribution is -2.37. The number of benzene rings is 1. The van der Waals surface area contributed by atoms with Gasteiger partial charge in [-0.1, -0.05) is 12.1 Å². The Hall–Kier alpha value is -2.68. The van der Waals surface area contributed by atoms with E-state index in [-0.39, 0.29) is 23.5 Å². The minimum atomic E-state index is -3.04. The van der Waals surface area contributed by atoms with Gasteiger partial charge in [0.15, 0.2) is 9.84 Å². The number of carbonyl (C=O) groups is 1. The first-order chi connectivity index (χ1) is 12.9. The average molecular weight is 390 g/mol. The summed E-state index contributed by atoms with van der Waals surface area (Å²) in [7, 11) is 0.189. The highest BCUT2D eigenvalue weighted by molar-refractivity contribution is 7.91. The molecule has 3 rings (SSSR count). The van der Waals surface area contributed by atoms with E-state index in [1.165, 1.54) is 17.3 Å². The summed E-state index contributed by atoms with van der Waals surface area (Å²) in [5.74, 6) is 1.06. The molecule has 0 saturated carbocycles. The molecule has 1 atom stereocenters. The van der Waals surface area contributed by atoms with Gasteiger partial charge in [-0.05, 0) is 24.1 Å². The van der Waals surface area contributed by atoms with Gasteiger partial charge in [0.1, 0.15) is 5.75 Å². The van der Waals surface area contributed by atoms with Crippen LogP contribution in [0.25, 0.3) is 0 Å². The van der Waals surface area contributed by atoms with Crippen LogP contribution in [0.1, 0.15) is 22.3 Å². The predicted molar refractivity (Wildman–Crippen MR) is 102 cm³/mol. The van der Waals surface area contributed by atoms with Crippen molar-refractivity contribution in [1.82, 2.24) is 14.9 Å². The van der Waals surface area contributed by atoms with Crippen LogP contribution in [-0.4, -0.2) is 60.9 Å². The average Bonchev–Trinajstić information content (AvgIpc) is 3.05. The molecule has 1 aromatic heterocycles. The van der Waals surface area contributed by atoms with Crippen molar-refractivity contribution >= 4 is 21.7 Å².